The lowest BCUT2D eigenvalue weighted by Gasteiger charge is -2.10. The highest BCUT2D eigenvalue weighted by Crippen LogP contribution is 2.20. The zero-order chi connectivity index (χ0) is 10.7. The predicted octanol–water partition coefficient (Wildman–Crippen LogP) is 1.75. The summed E-state index contributed by atoms with van der Waals surface area (Å²) in [6.07, 6.45) is 0.951. The Bertz CT molecular complexity index is 425. The third kappa shape index (κ3) is 2.14. The Balaban J connectivity index is 2.29. The van der Waals surface area contributed by atoms with Gasteiger partial charge in [-0.25, -0.2) is 4.98 Å². The van der Waals surface area contributed by atoms with Gasteiger partial charge in [-0.1, -0.05) is 36.4 Å². The monoisotopic (exact) mass is 200 g/mol. The molecule has 0 bridgehead atoms. The van der Waals surface area contributed by atoms with Crippen molar-refractivity contribution >= 4 is 5.82 Å². The van der Waals surface area contributed by atoms with Gasteiger partial charge in [-0.3, -0.25) is 0 Å². The fraction of sp³-hybridized carbons (Fsp3) is 0.0833. The SMILES string of the molecule is Nc1ccc([C@@H](O)c2ccccc2)cn1. The van der Waals surface area contributed by atoms with Crippen LogP contribution in [0, 0.1) is 0 Å². The van der Waals surface area contributed by atoms with E-state index < -0.39 is 6.10 Å². The molecule has 15 heavy (non-hydrogen) atoms. The van der Waals surface area contributed by atoms with Crippen LogP contribution in [-0.4, -0.2) is 10.1 Å². The normalized spacial score (nSPS) is 12.3. The molecular weight excluding hydrogens is 188 g/mol. The highest BCUT2D eigenvalue weighted by molar-refractivity contribution is 5.34. The molecule has 0 spiro atoms. The number of nitrogen functional groups attached to an aromatic ring is 1. The minimum Gasteiger partial charge on any atom is -0.384 e. The average molecular weight is 200 g/mol. The number of aliphatic hydroxyl groups is 1. The molecule has 0 amide bonds. The van der Waals surface area contributed by atoms with Gasteiger partial charge >= 0.3 is 0 Å². The minimum absolute atomic E-state index is 0.457. The van der Waals surface area contributed by atoms with Crippen molar-refractivity contribution in [2.24, 2.45) is 0 Å². The number of rotatable bonds is 2. The fourth-order valence-electron chi connectivity index (χ4n) is 1.41. The lowest BCUT2D eigenvalue weighted by atomic mass is 10.0. The number of hydrogen-bond acceptors (Lipinski definition) is 3. The van der Waals surface area contributed by atoms with Gasteiger partial charge in [0.05, 0.1) is 0 Å². The molecule has 3 nitrogen and oxygen atoms in total. The molecule has 0 unspecified atom stereocenters. The summed E-state index contributed by atoms with van der Waals surface area (Å²) in [6.45, 7) is 0. The van der Waals surface area contributed by atoms with E-state index in [1.165, 1.54) is 0 Å². The third-order valence-electron chi connectivity index (χ3n) is 2.24. The molecule has 0 radical (unpaired) electrons. The van der Waals surface area contributed by atoms with Crippen LogP contribution in [0.1, 0.15) is 17.2 Å². The van der Waals surface area contributed by atoms with Gasteiger partial charge in [0.25, 0.3) is 0 Å². The van der Waals surface area contributed by atoms with Gasteiger partial charge in [0.1, 0.15) is 11.9 Å². The first-order chi connectivity index (χ1) is 7.27. The van der Waals surface area contributed by atoms with Crippen LogP contribution in [0.25, 0.3) is 0 Å². The van der Waals surface area contributed by atoms with E-state index in [1.54, 1.807) is 18.3 Å². The number of anilines is 1. The second-order valence-electron chi connectivity index (χ2n) is 3.33. The van der Waals surface area contributed by atoms with Crippen molar-refractivity contribution in [2.75, 3.05) is 5.73 Å². The molecule has 1 heterocycles. The summed E-state index contributed by atoms with van der Waals surface area (Å²) in [5.41, 5.74) is 7.07. The Kier molecular flexibility index (Phi) is 2.65. The maximum Gasteiger partial charge on any atom is 0.123 e. The summed E-state index contributed by atoms with van der Waals surface area (Å²) in [5.74, 6) is 0.457. The first-order valence-corrected chi connectivity index (χ1v) is 4.72. The molecule has 2 rings (SSSR count). The lowest BCUT2D eigenvalue weighted by molar-refractivity contribution is 0.220. The van der Waals surface area contributed by atoms with E-state index in [0.717, 1.165) is 11.1 Å². The molecule has 0 fully saturated rings. The Labute approximate surface area is 88.2 Å². The number of pyridine rings is 1. The van der Waals surface area contributed by atoms with E-state index in [2.05, 4.69) is 4.98 Å². The van der Waals surface area contributed by atoms with Crippen LogP contribution in [0.5, 0.6) is 0 Å². The Hall–Kier alpha value is -1.87. The summed E-state index contributed by atoms with van der Waals surface area (Å²) in [5, 5.41) is 10.0. The van der Waals surface area contributed by atoms with Gasteiger partial charge in [0.15, 0.2) is 0 Å². The average Bonchev–Trinajstić information content (AvgIpc) is 2.30. The van der Waals surface area contributed by atoms with Gasteiger partial charge in [0.2, 0.25) is 0 Å². The molecule has 1 aromatic heterocycles. The number of aliphatic hydroxyl groups excluding tert-OH is 1. The van der Waals surface area contributed by atoms with Crippen LogP contribution in [-0.2, 0) is 0 Å². The topological polar surface area (TPSA) is 59.1 Å². The first-order valence-electron chi connectivity index (χ1n) is 4.72. The molecular formula is C12H12N2O. The van der Waals surface area contributed by atoms with Crippen molar-refractivity contribution in [1.29, 1.82) is 0 Å². The second kappa shape index (κ2) is 4.11. The molecule has 2 aromatic rings. The van der Waals surface area contributed by atoms with Crippen LogP contribution in [0.4, 0.5) is 5.82 Å². The van der Waals surface area contributed by atoms with Crippen LogP contribution in [0.3, 0.4) is 0 Å². The van der Waals surface area contributed by atoms with Gasteiger partial charge in [-0.15, -0.1) is 0 Å². The Morgan fingerprint density at radius 2 is 1.73 bits per heavy atom. The molecule has 3 heteroatoms. The Morgan fingerprint density at radius 1 is 1.00 bits per heavy atom. The maximum absolute atomic E-state index is 10.0. The molecule has 0 aliphatic carbocycles. The van der Waals surface area contributed by atoms with E-state index >= 15 is 0 Å². The van der Waals surface area contributed by atoms with E-state index in [1.807, 2.05) is 30.3 Å². The number of benzene rings is 1. The zero-order valence-electron chi connectivity index (χ0n) is 8.17. The Morgan fingerprint density at radius 3 is 2.33 bits per heavy atom. The van der Waals surface area contributed by atoms with Crippen molar-refractivity contribution in [3.63, 3.8) is 0 Å². The van der Waals surface area contributed by atoms with Crippen molar-refractivity contribution in [3.05, 3.63) is 59.8 Å². The van der Waals surface area contributed by atoms with Crippen molar-refractivity contribution < 1.29 is 5.11 Å². The maximum atomic E-state index is 10.0. The molecule has 0 aliphatic heterocycles. The zero-order valence-corrected chi connectivity index (χ0v) is 8.17. The van der Waals surface area contributed by atoms with Crippen LogP contribution >= 0.6 is 0 Å². The molecule has 1 aromatic carbocycles. The standard InChI is InChI=1S/C12H12N2O/c13-11-7-6-10(8-14-11)12(15)9-4-2-1-3-5-9/h1-8,12,15H,(H2,13,14)/t12-/m0/s1. The van der Waals surface area contributed by atoms with Crippen LogP contribution in [0.2, 0.25) is 0 Å². The summed E-state index contributed by atoms with van der Waals surface area (Å²) >= 11 is 0. The van der Waals surface area contributed by atoms with Crippen LogP contribution < -0.4 is 5.73 Å². The molecule has 0 aliphatic rings. The first kappa shape index (κ1) is 9.68. The van der Waals surface area contributed by atoms with Gasteiger partial charge in [-0.2, -0.15) is 0 Å². The van der Waals surface area contributed by atoms with E-state index in [4.69, 9.17) is 5.73 Å². The van der Waals surface area contributed by atoms with Crippen molar-refractivity contribution in [1.82, 2.24) is 4.98 Å². The number of aromatic nitrogens is 1. The predicted molar refractivity (Wildman–Crippen MR) is 59.2 cm³/mol. The van der Waals surface area contributed by atoms with E-state index in [-0.39, 0.29) is 0 Å². The highest BCUT2D eigenvalue weighted by atomic mass is 16.3. The highest BCUT2D eigenvalue weighted by Gasteiger charge is 2.09. The number of nitrogens with two attached hydrogens (primary N) is 1. The molecule has 0 saturated heterocycles. The lowest BCUT2D eigenvalue weighted by Crippen LogP contribution is -2.00. The largest absolute Gasteiger partial charge is 0.384 e. The molecule has 76 valence electrons. The fourth-order valence-corrected chi connectivity index (χ4v) is 1.41. The number of hydrogen-bond donors (Lipinski definition) is 2. The van der Waals surface area contributed by atoms with Gasteiger partial charge in [-0.05, 0) is 11.6 Å². The second-order valence-corrected chi connectivity index (χ2v) is 3.33. The van der Waals surface area contributed by atoms with Gasteiger partial charge < -0.3 is 10.8 Å². The summed E-state index contributed by atoms with van der Waals surface area (Å²) < 4.78 is 0. The van der Waals surface area contributed by atoms with E-state index in [9.17, 15) is 5.11 Å². The minimum atomic E-state index is -0.640. The molecule has 1 atom stereocenters. The summed E-state index contributed by atoms with van der Waals surface area (Å²) in [4.78, 5) is 3.94. The smallest absolute Gasteiger partial charge is 0.123 e. The van der Waals surface area contributed by atoms with Gasteiger partial charge in [0, 0.05) is 11.8 Å². The van der Waals surface area contributed by atoms with Crippen molar-refractivity contribution in [3.8, 4) is 0 Å². The molecule has 0 saturated carbocycles. The summed E-state index contributed by atoms with van der Waals surface area (Å²) in [7, 11) is 0. The third-order valence-corrected chi connectivity index (χ3v) is 2.24. The van der Waals surface area contributed by atoms with Crippen LogP contribution in [0.15, 0.2) is 48.7 Å². The molecule has 3 N–H and O–H groups in total. The summed E-state index contributed by atoms with van der Waals surface area (Å²) in [6, 6.07) is 12.9. The van der Waals surface area contributed by atoms with Crippen molar-refractivity contribution in [2.45, 2.75) is 6.10 Å². The number of nitrogens with zero attached hydrogens (tertiary/aromatic N) is 1. The van der Waals surface area contributed by atoms with E-state index in [0.29, 0.717) is 5.82 Å². The quantitative estimate of drug-likeness (QED) is 0.776.